The molecule has 0 bridgehead atoms. The number of halogens is 1. The van der Waals surface area contributed by atoms with E-state index in [4.69, 9.17) is 22.3 Å². The largest absolute Gasteiger partial charge is 0.368 e. The smallest absolute Gasteiger partial charge is 0.128 e. The zero-order valence-electron chi connectivity index (χ0n) is 24.8. The molecule has 2 aromatic heterocycles. The molecule has 2 N–H and O–H groups in total. The number of benzene rings is 2. The molecule has 0 spiro atoms. The summed E-state index contributed by atoms with van der Waals surface area (Å²) in [5.41, 5.74) is 12.8. The number of aromatic nitrogens is 4. The van der Waals surface area contributed by atoms with E-state index in [1.54, 1.807) is 0 Å². The Hall–Kier alpha value is -3.52. The fraction of sp³-hybridized carbons (Fsp3) is 0.364. The molecule has 2 aromatic carbocycles. The number of rotatable bonds is 8. The van der Waals surface area contributed by atoms with Crippen LogP contribution in [0.1, 0.15) is 44.0 Å². The van der Waals surface area contributed by atoms with Gasteiger partial charge in [0.2, 0.25) is 0 Å². The van der Waals surface area contributed by atoms with Gasteiger partial charge in [0.1, 0.15) is 5.69 Å². The Kier molecular flexibility index (Phi) is 9.97. The maximum atomic E-state index is 6.45. The van der Waals surface area contributed by atoms with Gasteiger partial charge < -0.3 is 15.5 Å². The van der Waals surface area contributed by atoms with E-state index in [0.29, 0.717) is 11.6 Å². The molecule has 5 rings (SSSR count). The lowest BCUT2D eigenvalue weighted by Crippen LogP contribution is -2.43. The molecule has 1 aliphatic heterocycles. The normalized spacial score (nSPS) is 14.0. The number of hydrogen-bond donors (Lipinski definition) is 1. The first-order valence-corrected chi connectivity index (χ1v) is 14.6. The SMILES string of the molecule is C=C(c1cn(CCC)nn1)N1CCN(C)CC1.C=Cc1ccc2c(Cl)cc(-c3ccc(C(C)(C)CN)cc3)nc2c1. The summed E-state index contributed by atoms with van der Waals surface area (Å²) in [4.78, 5) is 9.39. The van der Waals surface area contributed by atoms with Gasteiger partial charge in [-0.25, -0.2) is 4.98 Å². The van der Waals surface area contributed by atoms with Gasteiger partial charge in [-0.2, -0.15) is 0 Å². The predicted octanol–water partition coefficient (Wildman–Crippen LogP) is 6.34. The number of likely N-dealkylation sites (N-methyl/N-ethyl adjacent to an activating group) is 1. The fourth-order valence-corrected chi connectivity index (χ4v) is 4.96. The Labute approximate surface area is 249 Å². The van der Waals surface area contributed by atoms with Gasteiger partial charge in [-0.1, -0.05) is 93.2 Å². The summed E-state index contributed by atoms with van der Waals surface area (Å²) in [7, 11) is 2.15. The Morgan fingerprint density at radius 2 is 1.78 bits per heavy atom. The topological polar surface area (TPSA) is 76.1 Å². The van der Waals surface area contributed by atoms with Crippen molar-refractivity contribution >= 4 is 34.3 Å². The molecule has 3 heterocycles. The summed E-state index contributed by atoms with van der Waals surface area (Å²) in [6.07, 6.45) is 4.87. The van der Waals surface area contributed by atoms with Crippen LogP contribution in [0.25, 0.3) is 33.9 Å². The molecule has 1 fully saturated rings. The van der Waals surface area contributed by atoms with Crippen molar-refractivity contribution in [3.63, 3.8) is 0 Å². The van der Waals surface area contributed by atoms with Gasteiger partial charge in [0.05, 0.1) is 28.1 Å². The average Bonchev–Trinajstić information content (AvgIpc) is 3.46. The minimum Gasteiger partial charge on any atom is -0.368 e. The highest BCUT2D eigenvalue weighted by atomic mass is 35.5. The summed E-state index contributed by atoms with van der Waals surface area (Å²) >= 11 is 6.45. The first kappa shape index (κ1) is 30.4. The molecule has 0 radical (unpaired) electrons. The van der Waals surface area contributed by atoms with Crippen molar-refractivity contribution in [2.24, 2.45) is 5.73 Å². The molecule has 41 heavy (non-hydrogen) atoms. The van der Waals surface area contributed by atoms with Crippen LogP contribution in [0.15, 0.2) is 67.9 Å². The van der Waals surface area contributed by atoms with E-state index in [1.165, 1.54) is 5.56 Å². The fourth-order valence-electron chi connectivity index (χ4n) is 4.70. The Morgan fingerprint density at radius 1 is 1.07 bits per heavy atom. The molecule has 8 heteroatoms. The number of nitrogens with zero attached hydrogens (tertiary/aromatic N) is 6. The van der Waals surface area contributed by atoms with Gasteiger partial charge in [0.15, 0.2) is 0 Å². The number of fused-ring (bicyclic) bond motifs is 1. The van der Waals surface area contributed by atoms with E-state index in [-0.39, 0.29) is 5.41 Å². The maximum absolute atomic E-state index is 6.45. The van der Waals surface area contributed by atoms with Crippen LogP contribution in [0.4, 0.5) is 0 Å². The monoisotopic (exact) mass is 571 g/mol. The molecular formula is C33H42ClN7. The highest BCUT2D eigenvalue weighted by Gasteiger charge is 2.19. The summed E-state index contributed by atoms with van der Waals surface area (Å²) < 4.78 is 1.89. The number of piperazine rings is 1. The van der Waals surface area contributed by atoms with Crippen LogP contribution < -0.4 is 5.73 Å². The van der Waals surface area contributed by atoms with Crippen molar-refractivity contribution in [1.82, 2.24) is 29.8 Å². The third-order valence-corrected chi connectivity index (χ3v) is 7.98. The second-order valence-corrected chi connectivity index (χ2v) is 11.6. The Bertz CT molecular complexity index is 1480. The van der Waals surface area contributed by atoms with E-state index in [9.17, 15) is 0 Å². The third-order valence-electron chi connectivity index (χ3n) is 7.66. The van der Waals surface area contributed by atoms with Crippen molar-refractivity contribution < 1.29 is 0 Å². The third kappa shape index (κ3) is 7.41. The molecule has 0 saturated carbocycles. The van der Waals surface area contributed by atoms with Gasteiger partial charge in [0, 0.05) is 55.6 Å². The molecule has 1 saturated heterocycles. The number of nitrogens with two attached hydrogens (primary N) is 1. The first-order chi connectivity index (χ1) is 19.6. The number of pyridine rings is 1. The van der Waals surface area contributed by atoms with E-state index >= 15 is 0 Å². The lowest BCUT2D eigenvalue weighted by Gasteiger charge is -2.34. The number of hydrogen-bond acceptors (Lipinski definition) is 6. The highest BCUT2D eigenvalue weighted by molar-refractivity contribution is 6.35. The Balaban J connectivity index is 0.000000201. The lowest BCUT2D eigenvalue weighted by atomic mass is 9.84. The minimum absolute atomic E-state index is 0.0359. The van der Waals surface area contributed by atoms with E-state index in [0.717, 1.165) is 78.3 Å². The molecule has 0 amide bonds. The Morgan fingerprint density at radius 3 is 2.41 bits per heavy atom. The van der Waals surface area contributed by atoms with Gasteiger partial charge in [-0.3, -0.25) is 4.68 Å². The van der Waals surface area contributed by atoms with Crippen molar-refractivity contribution in [2.75, 3.05) is 39.8 Å². The van der Waals surface area contributed by atoms with Gasteiger partial charge in [-0.05, 0) is 36.7 Å². The summed E-state index contributed by atoms with van der Waals surface area (Å²) in [5.74, 6) is 0. The molecule has 1 aliphatic rings. The zero-order chi connectivity index (χ0) is 29.6. The maximum Gasteiger partial charge on any atom is 0.128 e. The summed E-state index contributed by atoms with van der Waals surface area (Å²) in [6, 6.07) is 16.3. The molecule has 0 aliphatic carbocycles. The van der Waals surface area contributed by atoms with Crippen LogP contribution in [0.3, 0.4) is 0 Å². The molecule has 0 atom stereocenters. The van der Waals surface area contributed by atoms with Crippen molar-refractivity contribution in [1.29, 1.82) is 0 Å². The first-order valence-electron chi connectivity index (χ1n) is 14.2. The second kappa shape index (κ2) is 13.4. The quantitative estimate of drug-likeness (QED) is 0.266. The summed E-state index contributed by atoms with van der Waals surface area (Å²) in [5, 5.41) is 9.95. The molecule has 216 valence electrons. The van der Waals surface area contributed by atoms with Gasteiger partial charge in [0.25, 0.3) is 0 Å². The van der Waals surface area contributed by atoms with Crippen LogP contribution in [-0.4, -0.2) is 69.5 Å². The van der Waals surface area contributed by atoms with Crippen LogP contribution in [-0.2, 0) is 12.0 Å². The van der Waals surface area contributed by atoms with Crippen LogP contribution in [0.2, 0.25) is 5.02 Å². The minimum atomic E-state index is -0.0359. The molecular weight excluding hydrogens is 530 g/mol. The van der Waals surface area contributed by atoms with E-state index in [2.05, 4.69) is 85.4 Å². The van der Waals surface area contributed by atoms with Crippen molar-refractivity contribution in [2.45, 2.75) is 39.2 Å². The second-order valence-electron chi connectivity index (χ2n) is 11.2. The standard InChI is InChI=1S/C21H21ClN2.C12H21N5/c1-4-14-5-10-17-18(22)12-19(24-20(17)11-14)15-6-8-16(9-7-15)21(2,3)13-23;1-4-5-17-10-12(13-14-17)11(2)16-8-6-15(3)7-9-16/h4-12H,1,13,23H2,2-3H3;10H,2,4-9H2,1,3H3. The van der Waals surface area contributed by atoms with Crippen molar-refractivity contribution in [3.05, 3.63) is 89.7 Å². The van der Waals surface area contributed by atoms with E-state index < -0.39 is 0 Å². The van der Waals surface area contributed by atoms with Gasteiger partial charge >= 0.3 is 0 Å². The lowest BCUT2D eigenvalue weighted by molar-refractivity contribution is 0.207. The van der Waals surface area contributed by atoms with E-state index in [1.807, 2.05) is 41.2 Å². The van der Waals surface area contributed by atoms with Crippen molar-refractivity contribution in [3.8, 4) is 11.3 Å². The zero-order valence-corrected chi connectivity index (χ0v) is 25.5. The molecule has 0 unspecified atom stereocenters. The molecule has 7 nitrogen and oxygen atoms in total. The average molecular weight is 572 g/mol. The van der Waals surface area contributed by atoms with Gasteiger partial charge in [-0.15, -0.1) is 5.10 Å². The summed E-state index contributed by atoms with van der Waals surface area (Å²) in [6.45, 7) is 20.1. The predicted molar refractivity (Wildman–Crippen MR) is 173 cm³/mol. The molecule has 4 aromatic rings. The highest BCUT2D eigenvalue weighted by Crippen LogP contribution is 2.30. The number of aryl methyl sites for hydroxylation is 1. The van der Waals surface area contributed by atoms with Crippen LogP contribution >= 0.6 is 11.6 Å². The van der Waals surface area contributed by atoms with Crippen LogP contribution in [0, 0.1) is 0 Å². The van der Waals surface area contributed by atoms with Crippen LogP contribution in [0.5, 0.6) is 0 Å².